The second kappa shape index (κ2) is 10.5. The van der Waals surface area contributed by atoms with Gasteiger partial charge in [0.1, 0.15) is 0 Å². The van der Waals surface area contributed by atoms with Gasteiger partial charge < -0.3 is 19.1 Å². The Hall–Kier alpha value is -1.71. The van der Waals surface area contributed by atoms with Crippen LogP contribution in [0.15, 0.2) is 12.3 Å². The molecule has 206 valence electrons. The third-order valence-electron chi connectivity index (χ3n) is 8.96. The second-order valence-corrected chi connectivity index (χ2v) is 12.0. The van der Waals surface area contributed by atoms with Crippen molar-refractivity contribution in [1.82, 2.24) is 9.88 Å². The minimum atomic E-state index is -4.45. The molecule has 6 nitrogen and oxygen atoms in total. The summed E-state index contributed by atoms with van der Waals surface area (Å²) in [5.74, 6) is 1.26. The molecule has 1 amide bonds. The van der Waals surface area contributed by atoms with E-state index in [1.807, 2.05) is 0 Å². The predicted molar refractivity (Wildman–Crippen MR) is 131 cm³/mol. The smallest absolute Gasteiger partial charge is 0.379 e. The van der Waals surface area contributed by atoms with E-state index in [-0.39, 0.29) is 30.8 Å². The van der Waals surface area contributed by atoms with E-state index in [0.29, 0.717) is 55.0 Å². The Kier molecular flexibility index (Phi) is 7.59. The second-order valence-electron chi connectivity index (χ2n) is 12.0. The van der Waals surface area contributed by atoms with Crippen LogP contribution >= 0.6 is 0 Å². The average Bonchev–Trinajstić information content (AvgIpc) is 3.36. The number of aromatic nitrogens is 1. The summed E-state index contributed by atoms with van der Waals surface area (Å²) in [6, 6.07) is 1.16. The maximum Gasteiger partial charge on any atom is 0.417 e. The molecular weight excluding hydrogens is 485 g/mol. The number of carbonyl (C=O) groups excluding carboxylic acids is 1. The first-order valence-corrected chi connectivity index (χ1v) is 13.7. The quantitative estimate of drug-likeness (QED) is 0.523. The number of ether oxygens (including phenoxy) is 3. The van der Waals surface area contributed by atoms with Gasteiger partial charge in [-0.2, -0.15) is 13.2 Å². The summed E-state index contributed by atoms with van der Waals surface area (Å²) in [5.41, 5.74) is -0.215. The zero-order valence-electron chi connectivity index (χ0n) is 22.1. The van der Waals surface area contributed by atoms with Crippen molar-refractivity contribution in [2.75, 3.05) is 26.9 Å². The van der Waals surface area contributed by atoms with E-state index < -0.39 is 17.2 Å². The molecule has 4 aliphatic rings. The fourth-order valence-electron chi connectivity index (χ4n) is 7.29. The zero-order chi connectivity index (χ0) is 26.4. The number of carbonyl (C=O) groups is 1. The molecule has 1 aromatic heterocycles. The Morgan fingerprint density at radius 3 is 2.86 bits per heavy atom. The molecule has 6 atom stereocenters. The van der Waals surface area contributed by atoms with Gasteiger partial charge in [-0.1, -0.05) is 13.8 Å². The lowest BCUT2D eigenvalue weighted by Crippen LogP contribution is -2.48. The predicted octanol–water partition coefficient (Wildman–Crippen LogP) is 5.03. The molecule has 4 heterocycles. The number of hydrogen-bond acceptors (Lipinski definition) is 5. The molecule has 9 heteroatoms. The van der Waals surface area contributed by atoms with Crippen molar-refractivity contribution in [3.05, 3.63) is 29.1 Å². The SMILES string of the molecule is COC1COCCC1C[C@@H]1C[C@H]2OC(CC(C)C)C[C@@]2(C(=O)N2CCc3ncc(C(F)(F)F)cc3C2)C1. The van der Waals surface area contributed by atoms with Gasteiger partial charge in [0.05, 0.1) is 35.9 Å². The van der Waals surface area contributed by atoms with E-state index in [9.17, 15) is 18.0 Å². The molecule has 0 spiro atoms. The summed E-state index contributed by atoms with van der Waals surface area (Å²) in [4.78, 5) is 20.1. The van der Waals surface area contributed by atoms with Gasteiger partial charge in [-0.25, -0.2) is 0 Å². The highest BCUT2D eigenvalue weighted by Crippen LogP contribution is 2.56. The number of fused-ring (bicyclic) bond motifs is 2. The molecule has 5 rings (SSSR count). The van der Waals surface area contributed by atoms with Crippen LogP contribution in [0.5, 0.6) is 0 Å². The lowest BCUT2D eigenvalue weighted by atomic mass is 9.76. The molecule has 2 saturated heterocycles. The highest BCUT2D eigenvalue weighted by atomic mass is 19.4. The Labute approximate surface area is 217 Å². The molecule has 37 heavy (non-hydrogen) atoms. The summed E-state index contributed by atoms with van der Waals surface area (Å²) in [7, 11) is 1.73. The van der Waals surface area contributed by atoms with Gasteiger partial charge in [0.15, 0.2) is 0 Å². The highest BCUT2D eigenvalue weighted by molar-refractivity contribution is 5.84. The molecule has 0 bridgehead atoms. The molecule has 3 fully saturated rings. The number of alkyl halides is 3. The van der Waals surface area contributed by atoms with Crippen LogP contribution in [0.4, 0.5) is 13.2 Å². The first-order chi connectivity index (χ1) is 17.6. The van der Waals surface area contributed by atoms with E-state index in [0.717, 1.165) is 51.0 Å². The zero-order valence-corrected chi connectivity index (χ0v) is 22.1. The lowest BCUT2D eigenvalue weighted by molar-refractivity contribution is -0.145. The van der Waals surface area contributed by atoms with Crippen molar-refractivity contribution in [2.24, 2.45) is 23.2 Å². The summed E-state index contributed by atoms with van der Waals surface area (Å²) >= 11 is 0. The minimum Gasteiger partial charge on any atom is -0.379 e. The molecule has 3 aliphatic heterocycles. The van der Waals surface area contributed by atoms with Crippen LogP contribution in [0.25, 0.3) is 0 Å². The molecular formula is C28H39F3N2O4. The molecule has 1 saturated carbocycles. The van der Waals surface area contributed by atoms with Crippen molar-refractivity contribution >= 4 is 5.91 Å². The number of halogens is 3. The summed E-state index contributed by atoms with van der Waals surface area (Å²) in [5, 5.41) is 0. The van der Waals surface area contributed by atoms with Crippen LogP contribution in [0.3, 0.4) is 0 Å². The lowest BCUT2D eigenvalue weighted by Gasteiger charge is -2.37. The largest absolute Gasteiger partial charge is 0.417 e. The van der Waals surface area contributed by atoms with Crippen molar-refractivity contribution in [1.29, 1.82) is 0 Å². The van der Waals surface area contributed by atoms with Crippen molar-refractivity contribution < 1.29 is 32.2 Å². The van der Waals surface area contributed by atoms with Gasteiger partial charge in [0, 0.05) is 45.1 Å². The fourth-order valence-corrected chi connectivity index (χ4v) is 7.29. The Balaban J connectivity index is 1.35. The van der Waals surface area contributed by atoms with E-state index in [4.69, 9.17) is 14.2 Å². The third-order valence-corrected chi connectivity index (χ3v) is 8.96. The van der Waals surface area contributed by atoms with Gasteiger partial charge in [-0.05, 0) is 67.9 Å². The molecule has 1 aliphatic carbocycles. The van der Waals surface area contributed by atoms with Crippen molar-refractivity contribution in [3.63, 3.8) is 0 Å². The summed E-state index contributed by atoms with van der Waals surface area (Å²) in [6.07, 6.45) is 2.03. The molecule has 0 N–H and O–H groups in total. The van der Waals surface area contributed by atoms with Gasteiger partial charge in [-0.3, -0.25) is 9.78 Å². The number of methoxy groups -OCH3 is 1. The van der Waals surface area contributed by atoms with Crippen LogP contribution in [-0.4, -0.2) is 61.0 Å². The Bertz CT molecular complexity index is 987. The Morgan fingerprint density at radius 1 is 1.32 bits per heavy atom. The molecule has 1 aromatic rings. The number of nitrogens with zero attached hydrogens (tertiary/aromatic N) is 2. The van der Waals surface area contributed by atoms with Crippen LogP contribution in [0.2, 0.25) is 0 Å². The van der Waals surface area contributed by atoms with E-state index in [2.05, 4.69) is 18.8 Å². The summed E-state index contributed by atoms with van der Waals surface area (Å²) < 4.78 is 57.8. The highest BCUT2D eigenvalue weighted by Gasteiger charge is 2.60. The Morgan fingerprint density at radius 2 is 2.14 bits per heavy atom. The van der Waals surface area contributed by atoms with E-state index >= 15 is 0 Å². The maximum atomic E-state index is 14.2. The minimum absolute atomic E-state index is 0.0419. The monoisotopic (exact) mass is 524 g/mol. The number of rotatable bonds is 6. The normalized spacial score (nSPS) is 34.0. The van der Waals surface area contributed by atoms with Crippen LogP contribution in [0, 0.1) is 23.2 Å². The molecule has 3 unspecified atom stereocenters. The fraction of sp³-hybridized carbons (Fsp3) is 0.786. The van der Waals surface area contributed by atoms with Crippen molar-refractivity contribution in [3.8, 4) is 0 Å². The number of amides is 1. The van der Waals surface area contributed by atoms with E-state index in [1.165, 1.54) is 0 Å². The van der Waals surface area contributed by atoms with E-state index in [1.54, 1.807) is 12.0 Å². The van der Waals surface area contributed by atoms with Gasteiger partial charge in [0.2, 0.25) is 5.91 Å². The first kappa shape index (κ1) is 26.9. The van der Waals surface area contributed by atoms with Crippen LogP contribution < -0.4 is 0 Å². The van der Waals surface area contributed by atoms with Crippen LogP contribution in [0.1, 0.15) is 69.2 Å². The molecule has 0 radical (unpaired) electrons. The molecule has 0 aromatic carbocycles. The third kappa shape index (κ3) is 5.41. The number of hydrogen-bond donors (Lipinski definition) is 0. The van der Waals surface area contributed by atoms with Gasteiger partial charge >= 0.3 is 6.18 Å². The summed E-state index contributed by atoms with van der Waals surface area (Å²) in [6.45, 7) is 6.32. The van der Waals surface area contributed by atoms with Gasteiger partial charge in [-0.15, -0.1) is 0 Å². The van der Waals surface area contributed by atoms with Gasteiger partial charge in [0.25, 0.3) is 0 Å². The topological polar surface area (TPSA) is 60.9 Å². The standard InChI is InChI=1S/C28H39F3N2O4/c1-17(2)8-22-13-27(12-18(10-25(27)37-22)9-19-5-7-36-16-24(19)35-3)26(34)33-6-4-23-20(15-33)11-21(14-32-23)28(29,30)31/h11,14,17-19,22,24-25H,4-10,12-13,15-16H2,1-3H3/t18-,19?,22?,24?,25-,27+/m1/s1. The maximum absolute atomic E-state index is 14.2. The first-order valence-electron chi connectivity index (χ1n) is 13.7. The van der Waals surface area contributed by atoms with Crippen molar-refractivity contribution in [2.45, 2.75) is 89.8 Å². The average molecular weight is 525 g/mol. The number of pyridine rings is 1. The van der Waals surface area contributed by atoms with Crippen LogP contribution in [-0.2, 0) is 38.1 Å².